The molecule has 0 radical (unpaired) electrons. The molecule has 2 amide bonds. The molecular formula is C24H33N3O2S. The summed E-state index contributed by atoms with van der Waals surface area (Å²) in [4.78, 5) is 30.4. The van der Waals surface area contributed by atoms with E-state index in [9.17, 15) is 9.59 Å². The number of nitrogens with one attached hydrogen (secondary N) is 1. The van der Waals surface area contributed by atoms with E-state index in [1.807, 2.05) is 28.5 Å². The lowest BCUT2D eigenvalue weighted by atomic mass is 9.95. The van der Waals surface area contributed by atoms with Gasteiger partial charge in [0.05, 0.1) is 4.88 Å². The lowest BCUT2D eigenvalue weighted by Crippen LogP contribution is -2.48. The van der Waals surface area contributed by atoms with Gasteiger partial charge in [-0.25, -0.2) is 0 Å². The molecule has 1 aromatic heterocycles. The lowest BCUT2D eigenvalue weighted by molar-refractivity contribution is -0.126. The van der Waals surface area contributed by atoms with E-state index in [0.29, 0.717) is 19.6 Å². The van der Waals surface area contributed by atoms with Gasteiger partial charge >= 0.3 is 0 Å². The smallest absolute Gasteiger partial charge is 0.263 e. The third kappa shape index (κ3) is 5.92. The highest BCUT2D eigenvalue weighted by Crippen LogP contribution is 2.21. The van der Waals surface area contributed by atoms with E-state index in [1.165, 1.54) is 16.9 Å². The summed E-state index contributed by atoms with van der Waals surface area (Å²) < 4.78 is 0. The highest BCUT2D eigenvalue weighted by molar-refractivity contribution is 7.12. The molecule has 6 heteroatoms. The molecule has 1 atom stereocenters. The fraction of sp³-hybridized carbons (Fsp3) is 0.500. The van der Waals surface area contributed by atoms with Crippen LogP contribution >= 0.6 is 11.3 Å². The molecule has 1 aliphatic heterocycles. The summed E-state index contributed by atoms with van der Waals surface area (Å²) in [6, 6.07) is 14.5. The fourth-order valence-electron chi connectivity index (χ4n) is 4.22. The molecule has 1 N–H and O–H groups in total. The molecule has 1 unspecified atom stereocenters. The first-order chi connectivity index (χ1) is 14.6. The minimum absolute atomic E-state index is 0.00790. The number of likely N-dealkylation sites (N-methyl/N-ethyl adjacent to an activating group) is 1. The fourth-order valence-corrected chi connectivity index (χ4v) is 4.91. The highest BCUT2D eigenvalue weighted by Gasteiger charge is 2.28. The van der Waals surface area contributed by atoms with Gasteiger partial charge in [0.2, 0.25) is 5.91 Å². The first kappa shape index (κ1) is 22.5. The Kier molecular flexibility index (Phi) is 8.46. The van der Waals surface area contributed by atoms with Crippen molar-refractivity contribution in [1.82, 2.24) is 15.1 Å². The van der Waals surface area contributed by atoms with E-state index >= 15 is 0 Å². The molecule has 1 fully saturated rings. The molecule has 162 valence electrons. The monoisotopic (exact) mass is 427 g/mol. The normalized spacial score (nSPS) is 15.9. The molecule has 1 aromatic carbocycles. The number of nitrogens with zero attached hydrogens (tertiary/aromatic N) is 2. The Hall–Kier alpha value is -2.18. The van der Waals surface area contributed by atoms with E-state index in [0.717, 1.165) is 37.2 Å². The summed E-state index contributed by atoms with van der Waals surface area (Å²) in [7, 11) is 0. The highest BCUT2D eigenvalue weighted by atomic mass is 32.1. The van der Waals surface area contributed by atoms with E-state index in [2.05, 4.69) is 48.3 Å². The van der Waals surface area contributed by atoms with Gasteiger partial charge in [-0.05, 0) is 49.4 Å². The zero-order valence-corrected chi connectivity index (χ0v) is 18.9. The van der Waals surface area contributed by atoms with Crippen molar-refractivity contribution >= 4 is 23.2 Å². The largest absolute Gasteiger partial charge is 0.354 e. The molecule has 0 saturated carbocycles. The second-order valence-electron chi connectivity index (χ2n) is 7.85. The number of hydrogen-bond acceptors (Lipinski definition) is 4. The maximum atomic E-state index is 12.8. The summed E-state index contributed by atoms with van der Waals surface area (Å²) in [5.41, 5.74) is 1.30. The van der Waals surface area contributed by atoms with Crippen molar-refractivity contribution in [3.05, 3.63) is 58.3 Å². The predicted molar refractivity (Wildman–Crippen MR) is 123 cm³/mol. The molecule has 5 nitrogen and oxygen atoms in total. The molecule has 1 saturated heterocycles. The van der Waals surface area contributed by atoms with Crippen LogP contribution in [-0.4, -0.2) is 60.4 Å². The summed E-state index contributed by atoms with van der Waals surface area (Å²) in [6.45, 7) is 8.23. The number of likely N-dealkylation sites (tertiary alicyclic amines) is 1. The molecule has 2 aromatic rings. The second-order valence-corrected chi connectivity index (χ2v) is 8.80. The van der Waals surface area contributed by atoms with Gasteiger partial charge < -0.3 is 10.2 Å². The zero-order chi connectivity index (χ0) is 21.3. The molecule has 0 spiro atoms. The second kappa shape index (κ2) is 11.3. The van der Waals surface area contributed by atoms with Crippen LogP contribution in [0.1, 0.15) is 41.9 Å². The number of hydrogen-bond donors (Lipinski definition) is 1. The molecule has 30 heavy (non-hydrogen) atoms. The standard InChI is InChI=1S/C24H33N3O2S/c1-3-26(4-2)21(17-19-9-6-5-7-10-19)18-25-23(28)20-12-14-27(15-13-20)24(29)22-11-8-16-30-22/h5-11,16,20-21H,3-4,12-15,17-18H2,1-2H3,(H,25,28). The minimum atomic E-state index is -0.00790. The Morgan fingerprint density at radius 3 is 2.40 bits per heavy atom. The lowest BCUT2D eigenvalue weighted by Gasteiger charge is -2.33. The van der Waals surface area contributed by atoms with Crippen molar-refractivity contribution in [1.29, 1.82) is 0 Å². The first-order valence-corrected chi connectivity index (χ1v) is 11.9. The summed E-state index contributed by atoms with van der Waals surface area (Å²) in [5.74, 6) is 0.211. The third-order valence-electron chi connectivity index (χ3n) is 6.04. The van der Waals surface area contributed by atoms with Gasteiger partial charge in [-0.15, -0.1) is 11.3 Å². The van der Waals surface area contributed by atoms with Gasteiger partial charge in [0.1, 0.15) is 0 Å². The molecule has 2 heterocycles. The van der Waals surface area contributed by atoms with Gasteiger partial charge in [0.25, 0.3) is 5.91 Å². The number of benzene rings is 1. The molecule has 3 rings (SSSR count). The Bertz CT molecular complexity index is 782. The first-order valence-electron chi connectivity index (χ1n) is 11.0. The van der Waals surface area contributed by atoms with Crippen LogP contribution in [-0.2, 0) is 11.2 Å². The van der Waals surface area contributed by atoms with Crippen molar-refractivity contribution in [3.63, 3.8) is 0 Å². The predicted octanol–water partition coefficient (Wildman–Crippen LogP) is 3.67. The van der Waals surface area contributed by atoms with Gasteiger partial charge in [0, 0.05) is 31.6 Å². The number of amides is 2. The number of carbonyl (C=O) groups is 2. The summed E-state index contributed by atoms with van der Waals surface area (Å²) in [5, 5.41) is 5.14. The van der Waals surface area contributed by atoms with Crippen LogP contribution < -0.4 is 5.32 Å². The zero-order valence-electron chi connectivity index (χ0n) is 18.0. The Morgan fingerprint density at radius 1 is 1.10 bits per heavy atom. The van der Waals surface area contributed by atoms with Crippen LogP contribution in [0.5, 0.6) is 0 Å². The number of thiophene rings is 1. The quantitative estimate of drug-likeness (QED) is 0.664. The van der Waals surface area contributed by atoms with Crippen molar-refractivity contribution in [2.75, 3.05) is 32.7 Å². The topological polar surface area (TPSA) is 52.7 Å². The Labute approximate surface area is 184 Å². The van der Waals surface area contributed by atoms with Crippen LogP contribution in [0.25, 0.3) is 0 Å². The summed E-state index contributed by atoms with van der Waals surface area (Å²) >= 11 is 1.48. The van der Waals surface area contributed by atoms with Gasteiger partial charge in [0.15, 0.2) is 0 Å². The number of piperidine rings is 1. The van der Waals surface area contributed by atoms with E-state index in [4.69, 9.17) is 0 Å². The molecule has 1 aliphatic rings. The SMILES string of the molecule is CCN(CC)C(CNC(=O)C1CCN(C(=O)c2cccs2)CC1)Cc1ccccc1. The van der Waals surface area contributed by atoms with E-state index in [-0.39, 0.29) is 23.8 Å². The van der Waals surface area contributed by atoms with Crippen molar-refractivity contribution < 1.29 is 9.59 Å². The Morgan fingerprint density at radius 2 is 1.80 bits per heavy atom. The van der Waals surface area contributed by atoms with Crippen molar-refractivity contribution in [2.45, 2.75) is 39.2 Å². The molecule has 0 bridgehead atoms. The third-order valence-corrected chi connectivity index (χ3v) is 6.90. The number of carbonyl (C=O) groups excluding carboxylic acids is 2. The maximum absolute atomic E-state index is 12.8. The minimum Gasteiger partial charge on any atom is -0.354 e. The van der Waals surface area contributed by atoms with Crippen LogP contribution in [0.15, 0.2) is 47.8 Å². The van der Waals surface area contributed by atoms with Crippen LogP contribution in [0, 0.1) is 5.92 Å². The average molecular weight is 428 g/mol. The molecule has 0 aliphatic carbocycles. The van der Waals surface area contributed by atoms with Crippen molar-refractivity contribution in [3.8, 4) is 0 Å². The average Bonchev–Trinajstić information content (AvgIpc) is 3.33. The maximum Gasteiger partial charge on any atom is 0.263 e. The van der Waals surface area contributed by atoms with Crippen LogP contribution in [0.3, 0.4) is 0 Å². The van der Waals surface area contributed by atoms with Crippen molar-refractivity contribution in [2.24, 2.45) is 5.92 Å². The van der Waals surface area contributed by atoms with E-state index in [1.54, 1.807) is 0 Å². The van der Waals surface area contributed by atoms with Gasteiger partial charge in [-0.3, -0.25) is 14.5 Å². The molecular weight excluding hydrogens is 394 g/mol. The Balaban J connectivity index is 1.51. The number of rotatable bonds is 9. The van der Waals surface area contributed by atoms with Crippen LogP contribution in [0.2, 0.25) is 0 Å². The summed E-state index contributed by atoms with van der Waals surface area (Å²) in [6.07, 6.45) is 2.39. The van der Waals surface area contributed by atoms with Gasteiger partial charge in [-0.2, -0.15) is 0 Å². The van der Waals surface area contributed by atoms with Crippen LogP contribution in [0.4, 0.5) is 0 Å². The van der Waals surface area contributed by atoms with E-state index < -0.39 is 0 Å². The van der Waals surface area contributed by atoms with Gasteiger partial charge in [-0.1, -0.05) is 50.2 Å².